The van der Waals surface area contributed by atoms with Gasteiger partial charge in [-0.1, -0.05) is 26.0 Å². The number of carbonyl (C=O) groups is 1. The summed E-state index contributed by atoms with van der Waals surface area (Å²) in [5, 5.41) is 2.68. The highest BCUT2D eigenvalue weighted by Gasteiger charge is 2.14. The lowest BCUT2D eigenvalue weighted by Gasteiger charge is -2.16. The normalized spacial score (nSPS) is 13.0. The van der Waals surface area contributed by atoms with Crippen molar-refractivity contribution in [3.63, 3.8) is 0 Å². The zero-order valence-corrected chi connectivity index (χ0v) is 14.4. The van der Waals surface area contributed by atoms with Crippen LogP contribution in [0.5, 0.6) is 5.75 Å². The van der Waals surface area contributed by atoms with E-state index in [0.717, 1.165) is 5.56 Å². The second-order valence-electron chi connectivity index (χ2n) is 5.76. The van der Waals surface area contributed by atoms with Crippen molar-refractivity contribution >= 4 is 15.7 Å². The van der Waals surface area contributed by atoms with E-state index in [1.165, 1.54) is 6.26 Å². The van der Waals surface area contributed by atoms with Crippen molar-refractivity contribution in [2.75, 3.05) is 18.6 Å². The molecule has 1 aromatic carbocycles. The van der Waals surface area contributed by atoms with Gasteiger partial charge in [-0.3, -0.25) is 4.79 Å². The number of hydrogen-bond acceptors (Lipinski definition) is 4. The van der Waals surface area contributed by atoms with Gasteiger partial charge in [-0.2, -0.15) is 0 Å². The first-order valence-corrected chi connectivity index (χ1v) is 9.47. The highest BCUT2D eigenvalue weighted by atomic mass is 32.2. The molecule has 124 valence electrons. The fourth-order valence-electron chi connectivity index (χ4n) is 1.89. The standard InChI is InChI=1S/C16H25NO4S/c1-12(2)14-7-5-8-15(11-14)21-13(3)16(18)17-9-6-10-22(4,19)20/h5,7-8,11-13H,6,9-10H2,1-4H3,(H,17,18)/t13-/m0/s1. The summed E-state index contributed by atoms with van der Waals surface area (Å²) in [6.07, 6.45) is 0.961. The molecule has 0 aliphatic carbocycles. The molecule has 1 aromatic rings. The molecule has 0 heterocycles. The van der Waals surface area contributed by atoms with Crippen molar-refractivity contribution < 1.29 is 17.9 Å². The summed E-state index contributed by atoms with van der Waals surface area (Å²) in [4.78, 5) is 11.9. The number of amides is 1. The van der Waals surface area contributed by atoms with Crippen LogP contribution in [0.3, 0.4) is 0 Å². The predicted molar refractivity (Wildman–Crippen MR) is 88.0 cm³/mol. The maximum atomic E-state index is 11.9. The summed E-state index contributed by atoms with van der Waals surface area (Å²) in [6, 6.07) is 7.67. The molecule has 0 aromatic heterocycles. The van der Waals surface area contributed by atoms with Gasteiger partial charge in [-0.25, -0.2) is 8.42 Å². The Balaban J connectivity index is 2.45. The molecule has 0 saturated carbocycles. The molecule has 6 heteroatoms. The summed E-state index contributed by atoms with van der Waals surface area (Å²) >= 11 is 0. The summed E-state index contributed by atoms with van der Waals surface area (Å²) in [5.41, 5.74) is 1.15. The number of nitrogens with one attached hydrogen (secondary N) is 1. The Bertz CT molecular complexity index is 596. The SMILES string of the molecule is CC(C)c1cccc(O[C@@H](C)C(=O)NCCCS(C)(=O)=O)c1. The van der Waals surface area contributed by atoms with Crippen LogP contribution in [0.4, 0.5) is 0 Å². The first kappa shape index (κ1) is 18.5. The van der Waals surface area contributed by atoms with Gasteiger partial charge in [0.2, 0.25) is 0 Å². The van der Waals surface area contributed by atoms with E-state index in [2.05, 4.69) is 19.2 Å². The second kappa shape index (κ2) is 8.17. The van der Waals surface area contributed by atoms with Crippen LogP contribution < -0.4 is 10.1 Å². The van der Waals surface area contributed by atoms with Crippen molar-refractivity contribution in [1.82, 2.24) is 5.32 Å². The van der Waals surface area contributed by atoms with Gasteiger partial charge < -0.3 is 10.1 Å². The van der Waals surface area contributed by atoms with Crippen LogP contribution in [0, 0.1) is 0 Å². The molecule has 0 unspecified atom stereocenters. The van der Waals surface area contributed by atoms with E-state index >= 15 is 0 Å². The minimum Gasteiger partial charge on any atom is -0.481 e. The molecule has 1 rings (SSSR count). The summed E-state index contributed by atoms with van der Waals surface area (Å²) in [6.45, 7) is 6.19. The highest BCUT2D eigenvalue weighted by Crippen LogP contribution is 2.20. The monoisotopic (exact) mass is 327 g/mol. The molecule has 0 aliphatic rings. The zero-order valence-electron chi connectivity index (χ0n) is 13.6. The van der Waals surface area contributed by atoms with Gasteiger partial charge in [0.15, 0.2) is 6.10 Å². The molecule has 0 fully saturated rings. The molecule has 5 nitrogen and oxygen atoms in total. The van der Waals surface area contributed by atoms with Gasteiger partial charge in [0.1, 0.15) is 15.6 Å². The molecule has 1 N–H and O–H groups in total. The van der Waals surface area contributed by atoms with Crippen LogP contribution >= 0.6 is 0 Å². The Kier molecular flexibility index (Phi) is 6.87. The molecular weight excluding hydrogens is 302 g/mol. The number of benzene rings is 1. The lowest BCUT2D eigenvalue weighted by Crippen LogP contribution is -2.37. The van der Waals surface area contributed by atoms with Crippen molar-refractivity contribution in [3.05, 3.63) is 29.8 Å². The van der Waals surface area contributed by atoms with Gasteiger partial charge in [0.25, 0.3) is 5.91 Å². The van der Waals surface area contributed by atoms with E-state index < -0.39 is 15.9 Å². The number of sulfone groups is 1. The van der Waals surface area contributed by atoms with Crippen LogP contribution in [0.1, 0.15) is 38.7 Å². The topological polar surface area (TPSA) is 72.5 Å². The average molecular weight is 327 g/mol. The first-order valence-electron chi connectivity index (χ1n) is 7.41. The van der Waals surface area contributed by atoms with E-state index in [9.17, 15) is 13.2 Å². The fourth-order valence-corrected chi connectivity index (χ4v) is 2.56. The highest BCUT2D eigenvalue weighted by molar-refractivity contribution is 7.90. The van der Waals surface area contributed by atoms with Gasteiger partial charge >= 0.3 is 0 Å². The number of carbonyl (C=O) groups excluding carboxylic acids is 1. The summed E-state index contributed by atoms with van der Waals surface area (Å²) in [5.74, 6) is 0.871. The molecule has 0 saturated heterocycles. The number of hydrogen-bond donors (Lipinski definition) is 1. The minimum atomic E-state index is -2.99. The van der Waals surface area contributed by atoms with E-state index in [1.807, 2.05) is 24.3 Å². The molecule has 0 bridgehead atoms. The zero-order chi connectivity index (χ0) is 16.8. The van der Waals surface area contributed by atoms with Crippen LogP contribution in [0.15, 0.2) is 24.3 Å². The van der Waals surface area contributed by atoms with E-state index in [4.69, 9.17) is 4.74 Å². The van der Waals surface area contributed by atoms with Crippen molar-refractivity contribution in [3.8, 4) is 5.75 Å². The largest absolute Gasteiger partial charge is 0.481 e. The Labute approximate surface area is 133 Å². The Morgan fingerprint density at radius 3 is 2.55 bits per heavy atom. The average Bonchev–Trinajstić information content (AvgIpc) is 2.42. The lowest BCUT2D eigenvalue weighted by atomic mass is 10.0. The predicted octanol–water partition coefficient (Wildman–Crippen LogP) is 2.13. The molecular formula is C16H25NO4S. The van der Waals surface area contributed by atoms with Crippen LogP contribution in [0.2, 0.25) is 0 Å². The third-order valence-electron chi connectivity index (χ3n) is 3.20. The number of ether oxygens (including phenoxy) is 1. The second-order valence-corrected chi connectivity index (χ2v) is 8.02. The van der Waals surface area contributed by atoms with Gasteiger partial charge in [-0.05, 0) is 37.0 Å². The maximum Gasteiger partial charge on any atom is 0.260 e. The number of rotatable bonds is 8. The van der Waals surface area contributed by atoms with Crippen LogP contribution in [-0.2, 0) is 14.6 Å². The Morgan fingerprint density at radius 1 is 1.27 bits per heavy atom. The van der Waals surface area contributed by atoms with E-state index in [-0.39, 0.29) is 11.7 Å². The Hall–Kier alpha value is -1.56. The van der Waals surface area contributed by atoms with Crippen molar-refractivity contribution in [2.45, 2.75) is 39.2 Å². The summed E-state index contributed by atoms with van der Waals surface area (Å²) in [7, 11) is -2.99. The van der Waals surface area contributed by atoms with Crippen molar-refractivity contribution in [2.24, 2.45) is 0 Å². The molecule has 1 atom stereocenters. The van der Waals surface area contributed by atoms with Crippen LogP contribution in [-0.4, -0.2) is 39.0 Å². The maximum absolute atomic E-state index is 11.9. The third kappa shape index (κ3) is 6.93. The smallest absolute Gasteiger partial charge is 0.260 e. The van der Waals surface area contributed by atoms with Gasteiger partial charge in [0.05, 0.1) is 5.75 Å². The first-order chi connectivity index (χ1) is 10.2. The van der Waals surface area contributed by atoms with E-state index in [1.54, 1.807) is 6.92 Å². The lowest BCUT2D eigenvalue weighted by molar-refractivity contribution is -0.127. The van der Waals surface area contributed by atoms with Crippen LogP contribution in [0.25, 0.3) is 0 Å². The molecule has 1 amide bonds. The van der Waals surface area contributed by atoms with E-state index in [0.29, 0.717) is 24.6 Å². The molecule has 0 aliphatic heterocycles. The molecule has 22 heavy (non-hydrogen) atoms. The molecule has 0 radical (unpaired) electrons. The Morgan fingerprint density at radius 2 is 1.95 bits per heavy atom. The van der Waals surface area contributed by atoms with Gasteiger partial charge in [-0.15, -0.1) is 0 Å². The van der Waals surface area contributed by atoms with Crippen molar-refractivity contribution in [1.29, 1.82) is 0 Å². The third-order valence-corrected chi connectivity index (χ3v) is 4.23. The minimum absolute atomic E-state index is 0.0684. The quantitative estimate of drug-likeness (QED) is 0.742. The van der Waals surface area contributed by atoms with Gasteiger partial charge in [0, 0.05) is 12.8 Å². The molecule has 0 spiro atoms. The summed E-state index contributed by atoms with van der Waals surface area (Å²) < 4.78 is 27.6. The fraction of sp³-hybridized carbons (Fsp3) is 0.562.